The minimum atomic E-state index is -5.15. The Morgan fingerprint density at radius 3 is 2.33 bits per heavy atom. The summed E-state index contributed by atoms with van der Waals surface area (Å²) in [5, 5.41) is 6.42. The Kier molecular flexibility index (Phi) is 10.4. The van der Waals surface area contributed by atoms with E-state index in [0.717, 1.165) is 12.8 Å². The number of benzene rings is 2. The van der Waals surface area contributed by atoms with Crippen molar-refractivity contribution in [3.63, 3.8) is 0 Å². The molecule has 1 unspecified atom stereocenters. The van der Waals surface area contributed by atoms with Crippen LogP contribution in [-0.2, 0) is 32.2 Å². The van der Waals surface area contributed by atoms with Crippen LogP contribution in [0.25, 0.3) is 0 Å². The molecule has 1 amide bonds. The van der Waals surface area contributed by atoms with Crippen molar-refractivity contribution in [2.24, 2.45) is 0 Å². The third-order valence-corrected chi connectivity index (χ3v) is 8.41. The molecule has 0 radical (unpaired) electrons. The Morgan fingerprint density at radius 2 is 1.74 bits per heavy atom. The third kappa shape index (κ3) is 8.69. The fraction of sp³-hybridized carbons (Fsp3) is 0.360. The highest BCUT2D eigenvalue weighted by Gasteiger charge is 2.34. The van der Waals surface area contributed by atoms with Crippen LogP contribution in [0.15, 0.2) is 64.0 Å². The normalized spacial score (nSPS) is 14.1. The maximum atomic E-state index is 13.1. The Hall–Kier alpha value is -3.12. The molecular weight excluding hydrogens is 555 g/mol. The molecule has 0 aliphatic rings. The first-order chi connectivity index (χ1) is 18.4. The lowest BCUT2D eigenvalue weighted by Crippen LogP contribution is -2.48. The van der Waals surface area contributed by atoms with Crippen molar-refractivity contribution in [1.82, 2.24) is 15.2 Å². The standard InChI is InChI=1S/C25H30F2N3O7PS/c1-17-23(18(2)36-29-17)39(34,35)30-22(24(31)28-15-7-6-10-19-8-4-3-5-9-19)16-20-11-13-21(14-12-20)37-38(32,33)25(26)27/h3-5,8-9,11-14,22,25,30H,6-7,10,15-16H2,1-2H3,(H,28,31)(H,32,33)/t22-/m0/s1. The lowest BCUT2D eigenvalue weighted by molar-refractivity contribution is -0.122. The van der Waals surface area contributed by atoms with Gasteiger partial charge in [-0.15, -0.1) is 0 Å². The number of sulfonamides is 1. The van der Waals surface area contributed by atoms with Crippen LogP contribution in [0.2, 0.25) is 0 Å². The first kappa shape index (κ1) is 30.4. The highest BCUT2D eigenvalue weighted by molar-refractivity contribution is 7.89. The molecule has 3 N–H and O–H groups in total. The Morgan fingerprint density at radius 1 is 1.08 bits per heavy atom. The van der Waals surface area contributed by atoms with Crippen molar-refractivity contribution in [3.05, 3.63) is 77.2 Å². The van der Waals surface area contributed by atoms with Gasteiger partial charge in [0.05, 0.1) is 0 Å². The fourth-order valence-corrected chi connectivity index (χ4v) is 5.87. The second-order valence-corrected chi connectivity index (χ2v) is 12.2. The SMILES string of the molecule is Cc1noc(C)c1S(=O)(=O)N[C@@H](Cc1ccc(OP(=O)(O)C(F)F)cc1)C(=O)NCCCCc1ccccc1. The van der Waals surface area contributed by atoms with Crippen LogP contribution in [0.1, 0.15) is 35.4 Å². The first-order valence-corrected chi connectivity index (χ1v) is 15.2. The molecule has 0 saturated carbocycles. The summed E-state index contributed by atoms with van der Waals surface area (Å²) in [7, 11) is -9.35. The molecule has 3 rings (SSSR count). The van der Waals surface area contributed by atoms with E-state index in [2.05, 4.69) is 19.7 Å². The number of aromatic nitrogens is 1. The number of halogens is 2. The van der Waals surface area contributed by atoms with Crippen LogP contribution >= 0.6 is 7.60 Å². The molecule has 0 aliphatic carbocycles. The second kappa shape index (κ2) is 13.3. The smallest absolute Gasteiger partial charge is 0.421 e. The summed E-state index contributed by atoms with van der Waals surface area (Å²) in [5.41, 5.74) is 1.75. The van der Waals surface area contributed by atoms with E-state index in [9.17, 15) is 31.5 Å². The second-order valence-electron chi connectivity index (χ2n) is 8.84. The monoisotopic (exact) mass is 585 g/mol. The van der Waals surface area contributed by atoms with E-state index in [-0.39, 0.29) is 28.5 Å². The van der Waals surface area contributed by atoms with Gasteiger partial charge in [-0.1, -0.05) is 47.6 Å². The predicted molar refractivity (Wildman–Crippen MR) is 139 cm³/mol. The van der Waals surface area contributed by atoms with Crippen molar-refractivity contribution in [2.75, 3.05) is 6.54 Å². The minimum absolute atomic E-state index is 0.0639. The zero-order chi connectivity index (χ0) is 28.6. The number of nitrogens with one attached hydrogen (secondary N) is 2. The van der Waals surface area contributed by atoms with Gasteiger partial charge in [0, 0.05) is 6.54 Å². The maximum Gasteiger partial charge on any atom is 0.442 e. The number of unbranched alkanes of at least 4 members (excludes halogenated alkanes) is 1. The van der Waals surface area contributed by atoms with Crippen molar-refractivity contribution >= 4 is 23.5 Å². The summed E-state index contributed by atoms with van der Waals surface area (Å²) in [5.74, 6) is -0.780. The zero-order valence-electron chi connectivity index (χ0n) is 21.3. The van der Waals surface area contributed by atoms with Crippen molar-refractivity contribution < 1.29 is 40.5 Å². The van der Waals surface area contributed by atoms with Crippen LogP contribution in [0.3, 0.4) is 0 Å². The van der Waals surface area contributed by atoms with E-state index in [1.54, 1.807) is 0 Å². The van der Waals surface area contributed by atoms with E-state index in [1.807, 2.05) is 30.3 Å². The number of hydrogen-bond donors (Lipinski definition) is 3. The van der Waals surface area contributed by atoms with Gasteiger partial charge in [0.2, 0.25) is 15.9 Å². The van der Waals surface area contributed by atoms with Crippen molar-refractivity contribution in [3.8, 4) is 5.75 Å². The summed E-state index contributed by atoms with van der Waals surface area (Å²) in [4.78, 5) is 22.1. The summed E-state index contributed by atoms with van der Waals surface area (Å²) in [6, 6.07) is 13.7. The Labute approximate surface area is 225 Å². The fourth-order valence-electron chi connectivity index (χ4n) is 3.84. The number of hydrogen-bond acceptors (Lipinski definition) is 7. The van der Waals surface area contributed by atoms with Gasteiger partial charge in [-0.3, -0.25) is 4.79 Å². The van der Waals surface area contributed by atoms with Gasteiger partial charge < -0.3 is 19.3 Å². The quantitative estimate of drug-likeness (QED) is 0.189. The highest BCUT2D eigenvalue weighted by Crippen LogP contribution is 2.48. The van der Waals surface area contributed by atoms with Gasteiger partial charge >= 0.3 is 13.8 Å². The number of aryl methyl sites for hydroxylation is 3. The van der Waals surface area contributed by atoms with E-state index >= 15 is 0 Å². The number of nitrogens with zero attached hydrogens (tertiary/aromatic N) is 1. The Bertz CT molecular complexity index is 1380. The van der Waals surface area contributed by atoms with Crippen molar-refractivity contribution in [2.45, 2.75) is 56.6 Å². The molecule has 10 nitrogen and oxygen atoms in total. The molecule has 1 heterocycles. The molecule has 212 valence electrons. The molecule has 3 aromatic rings. The van der Waals surface area contributed by atoms with Gasteiger partial charge in [0.1, 0.15) is 22.4 Å². The van der Waals surface area contributed by atoms with Gasteiger partial charge in [-0.2, -0.15) is 13.5 Å². The molecule has 0 fully saturated rings. The minimum Gasteiger partial charge on any atom is -0.421 e. The van der Waals surface area contributed by atoms with Crippen LogP contribution in [0.4, 0.5) is 8.78 Å². The first-order valence-electron chi connectivity index (χ1n) is 12.0. The number of alkyl halides is 2. The van der Waals surface area contributed by atoms with Gasteiger partial charge in [-0.25, -0.2) is 13.0 Å². The van der Waals surface area contributed by atoms with Crippen LogP contribution in [-0.4, -0.2) is 43.1 Å². The Balaban J connectivity index is 1.70. The zero-order valence-corrected chi connectivity index (χ0v) is 23.1. The molecule has 1 aromatic heterocycles. The average molecular weight is 586 g/mol. The van der Waals surface area contributed by atoms with E-state index in [4.69, 9.17) is 4.52 Å². The predicted octanol–water partition coefficient (Wildman–Crippen LogP) is 4.11. The van der Waals surface area contributed by atoms with E-state index < -0.39 is 35.7 Å². The summed E-state index contributed by atoms with van der Waals surface area (Å²) >= 11 is 0. The topological polar surface area (TPSA) is 148 Å². The maximum absolute atomic E-state index is 13.1. The number of carbonyl (C=O) groups excluding carboxylic acids is 1. The summed E-state index contributed by atoms with van der Waals surface area (Å²) < 4.78 is 74.8. The van der Waals surface area contributed by atoms with E-state index in [0.29, 0.717) is 18.5 Å². The van der Waals surface area contributed by atoms with Gasteiger partial charge in [0.25, 0.3) is 0 Å². The average Bonchev–Trinajstić information content (AvgIpc) is 3.23. The molecule has 0 spiro atoms. The molecule has 0 saturated heterocycles. The van der Waals surface area contributed by atoms with Gasteiger partial charge in [-0.05, 0) is 62.8 Å². The molecule has 2 aromatic carbocycles. The molecule has 14 heteroatoms. The van der Waals surface area contributed by atoms with Crippen LogP contribution < -0.4 is 14.6 Å². The summed E-state index contributed by atoms with van der Waals surface area (Å²) in [6.45, 7) is 3.22. The molecule has 0 bridgehead atoms. The van der Waals surface area contributed by atoms with Gasteiger partial charge in [0.15, 0.2) is 5.76 Å². The number of carbonyl (C=O) groups is 1. The number of rotatable bonds is 14. The number of amides is 1. The lowest BCUT2D eigenvalue weighted by atomic mass is 10.1. The van der Waals surface area contributed by atoms with Crippen molar-refractivity contribution in [1.29, 1.82) is 0 Å². The molecule has 2 atom stereocenters. The molecule has 0 aliphatic heterocycles. The highest BCUT2D eigenvalue weighted by atomic mass is 32.2. The summed E-state index contributed by atoms with van der Waals surface area (Å²) in [6.07, 6.45) is -1.36. The largest absolute Gasteiger partial charge is 0.442 e. The molecular formula is C25H30F2N3O7PS. The lowest BCUT2D eigenvalue weighted by Gasteiger charge is -2.19. The third-order valence-electron chi connectivity index (χ3n) is 5.73. The van der Waals surface area contributed by atoms with Crippen LogP contribution in [0, 0.1) is 13.8 Å². The molecule has 39 heavy (non-hydrogen) atoms. The van der Waals surface area contributed by atoms with E-state index in [1.165, 1.54) is 43.7 Å². The van der Waals surface area contributed by atoms with Crippen LogP contribution in [0.5, 0.6) is 5.75 Å².